The topological polar surface area (TPSA) is 79.9 Å². The maximum atomic E-state index is 12.4. The largest absolute Gasteiger partial charge is 0.491 e. The van der Waals surface area contributed by atoms with Gasteiger partial charge in [-0.25, -0.2) is 0 Å². The summed E-state index contributed by atoms with van der Waals surface area (Å²) in [7, 11) is 0. The molecule has 2 N–H and O–H groups in total. The van der Waals surface area contributed by atoms with Crippen molar-refractivity contribution in [2.24, 2.45) is 0 Å². The molecule has 3 rings (SSSR count). The second-order valence-corrected chi connectivity index (χ2v) is 7.07. The molecule has 0 saturated carbocycles. The van der Waals surface area contributed by atoms with E-state index in [4.69, 9.17) is 9.47 Å². The molecule has 7 nitrogen and oxygen atoms in total. The number of carbonyl (C=O) groups excluding carboxylic acids is 2. The van der Waals surface area contributed by atoms with Gasteiger partial charge < -0.3 is 25.0 Å². The lowest BCUT2D eigenvalue weighted by molar-refractivity contribution is -0.114. The van der Waals surface area contributed by atoms with Gasteiger partial charge in [0, 0.05) is 30.0 Å². The van der Waals surface area contributed by atoms with Crippen LogP contribution in [0.3, 0.4) is 0 Å². The standard InChI is InChI=1S/C22H27N3O4/c1-16(2)29-20-9-7-19(8-10-20)24-21(26)15-23-18-5-3-17(4-6-18)22(27)25-11-13-28-14-12-25/h3-10,16,23H,11-15H2,1-2H3,(H,24,26). The molecule has 0 atom stereocenters. The van der Waals surface area contributed by atoms with E-state index in [9.17, 15) is 9.59 Å². The van der Waals surface area contributed by atoms with E-state index >= 15 is 0 Å². The fourth-order valence-electron chi connectivity index (χ4n) is 2.96. The minimum Gasteiger partial charge on any atom is -0.491 e. The van der Waals surface area contributed by atoms with Crippen LogP contribution in [0.2, 0.25) is 0 Å². The van der Waals surface area contributed by atoms with E-state index in [2.05, 4.69) is 10.6 Å². The van der Waals surface area contributed by atoms with Gasteiger partial charge in [0.15, 0.2) is 0 Å². The molecule has 1 saturated heterocycles. The second-order valence-electron chi connectivity index (χ2n) is 7.07. The highest BCUT2D eigenvalue weighted by atomic mass is 16.5. The van der Waals surface area contributed by atoms with Crippen molar-refractivity contribution in [3.63, 3.8) is 0 Å². The number of nitrogens with one attached hydrogen (secondary N) is 2. The first kappa shape index (κ1) is 20.7. The van der Waals surface area contributed by atoms with Crippen LogP contribution in [0.1, 0.15) is 24.2 Å². The number of amides is 2. The minimum atomic E-state index is -0.156. The maximum absolute atomic E-state index is 12.4. The lowest BCUT2D eigenvalue weighted by Crippen LogP contribution is -2.40. The van der Waals surface area contributed by atoms with Crippen LogP contribution < -0.4 is 15.4 Å². The van der Waals surface area contributed by atoms with Gasteiger partial charge in [-0.15, -0.1) is 0 Å². The van der Waals surface area contributed by atoms with Crippen molar-refractivity contribution in [2.75, 3.05) is 43.5 Å². The molecule has 0 aromatic heterocycles. The predicted octanol–water partition coefficient (Wildman–Crippen LogP) is 3.00. The maximum Gasteiger partial charge on any atom is 0.254 e. The average molecular weight is 397 g/mol. The van der Waals surface area contributed by atoms with E-state index in [1.807, 2.05) is 38.1 Å². The molecular formula is C22H27N3O4. The van der Waals surface area contributed by atoms with Crippen LogP contribution in [0, 0.1) is 0 Å². The Hall–Kier alpha value is -3.06. The SMILES string of the molecule is CC(C)Oc1ccc(NC(=O)CNc2ccc(C(=O)N3CCOCC3)cc2)cc1. The van der Waals surface area contributed by atoms with Crippen molar-refractivity contribution in [1.29, 1.82) is 0 Å². The summed E-state index contributed by atoms with van der Waals surface area (Å²) in [4.78, 5) is 26.4. The third-order valence-electron chi connectivity index (χ3n) is 4.39. The number of ether oxygens (including phenoxy) is 2. The van der Waals surface area contributed by atoms with Gasteiger partial charge in [-0.1, -0.05) is 0 Å². The zero-order chi connectivity index (χ0) is 20.6. The van der Waals surface area contributed by atoms with Crippen LogP contribution in [0.15, 0.2) is 48.5 Å². The molecule has 0 unspecified atom stereocenters. The molecule has 1 heterocycles. The van der Waals surface area contributed by atoms with Crippen LogP contribution in [0.4, 0.5) is 11.4 Å². The fourth-order valence-corrected chi connectivity index (χ4v) is 2.96. The molecule has 7 heteroatoms. The highest BCUT2D eigenvalue weighted by Gasteiger charge is 2.18. The summed E-state index contributed by atoms with van der Waals surface area (Å²) in [6.07, 6.45) is 0.107. The number of benzene rings is 2. The molecule has 1 aliphatic heterocycles. The Morgan fingerprint density at radius 3 is 2.24 bits per heavy atom. The minimum absolute atomic E-state index is 0.00230. The first-order valence-electron chi connectivity index (χ1n) is 9.79. The Bertz CT molecular complexity index is 813. The molecule has 154 valence electrons. The number of nitrogens with zero attached hydrogens (tertiary/aromatic N) is 1. The number of carbonyl (C=O) groups is 2. The lowest BCUT2D eigenvalue weighted by Gasteiger charge is -2.26. The summed E-state index contributed by atoms with van der Waals surface area (Å²) in [6.45, 7) is 6.44. The molecule has 0 spiro atoms. The van der Waals surface area contributed by atoms with Gasteiger partial charge in [-0.05, 0) is 62.4 Å². The summed E-state index contributed by atoms with van der Waals surface area (Å²) in [5, 5.41) is 5.90. The van der Waals surface area contributed by atoms with Crippen molar-refractivity contribution in [3.05, 3.63) is 54.1 Å². The normalized spacial score (nSPS) is 13.8. The Balaban J connectivity index is 1.46. The molecule has 0 bridgehead atoms. The summed E-state index contributed by atoms with van der Waals surface area (Å²) >= 11 is 0. The molecule has 1 fully saturated rings. The van der Waals surface area contributed by atoms with Crippen LogP contribution in [0.5, 0.6) is 5.75 Å². The molecule has 2 aromatic rings. The van der Waals surface area contributed by atoms with Crippen molar-refractivity contribution in [1.82, 2.24) is 4.90 Å². The van der Waals surface area contributed by atoms with Gasteiger partial charge in [-0.3, -0.25) is 9.59 Å². The average Bonchev–Trinajstić information content (AvgIpc) is 2.74. The van der Waals surface area contributed by atoms with Crippen LogP contribution in [0.25, 0.3) is 0 Å². The molecule has 0 aliphatic carbocycles. The fraction of sp³-hybridized carbons (Fsp3) is 0.364. The van der Waals surface area contributed by atoms with Crippen LogP contribution in [-0.4, -0.2) is 55.7 Å². The van der Waals surface area contributed by atoms with Crippen molar-refractivity contribution >= 4 is 23.2 Å². The highest BCUT2D eigenvalue weighted by Crippen LogP contribution is 2.17. The number of anilines is 2. The first-order chi connectivity index (χ1) is 14.0. The van der Waals surface area contributed by atoms with E-state index in [1.165, 1.54) is 0 Å². The zero-order valence-corrected chi connectivity index (χ0v) is 16.8. The van der Waals surface area contributed by atoms with Gasteiger partial charge in [0.2, 0.25) is 5.91 Å². The summed E-state index contributed by atoms with van der Waals surface area (Å²) in [6, 6.07) is 14.4. The molecule has 2 aromatic carbocycles. The van der Waals surface area contributed by atoms with Crippen LogP contribution >= 0.6 is 0 Å². The van der Waals surface area contributed by atoms with E-state index in [-0.39, 0.29) is 24.5 Å². The van der Waals surface area contributed by atoms with Crippen LogP contribution in [-0.2, 0) is 9.53 Å². The van der Waals surface area contributed by atoms with Gasteiger partial charge in [-0.2, -0.15) is 0 Å². The summed E-state index contributed by atoms with van der Waals surface area (Å²) in [5.74, 6) is 0.612. The number of hydrogen-bond donors (Lipinski definition) is 2. The third kappa shape index (κ3) is 6.22. The van der Waals surface area contributed by atoms with Gasteiger partial charge in [0.25, 0.3) is 5.91 Å². The predicted molar refractivity (Wildman–Crippen MR) is 112 cm³/mol. The second kappa shape index (κ2) is 9.93. The quantitative estimate of drug-likeness (QED) is 0.751. The number of morpholine rings is 1. The number of rotatable bonds is 7. The van der Waals surface area contributed by atoms with Gasteiger partial charge in [0.05, 0.1) is 25.9 Å². The summed E-state index contributed by atoms with van der Waals surface area (Å²) < 4.78 is 10.9. The Morgan fingerprint density at radius 1 is 1.00 bits per heavy atom. The molecular weight excluding hydrogens is 370 g/mol. The van der Waals surface area contributed by atoms with E-state index in [1.54, 1.807) is 29.2 Å². The monoisotopic (exact) mass is 397 g/mol. The molecule has 0 radical (unpaired) electrons. The van der Waals surface area contributed by atoms with E-state index in [0.717, 1.165) is 11.4 Å². The summed E-state index contributed by atoms with van der Waals surface area (Å²) in [5.41, 5.74) is 2.12. The highest BCUT2D eigenvalue weighted by molar-refractivity contribution is 5.95. The zero-order valence-electron chi connectivity index (χ0n) is 16.8. The Kier molecular flexibility index (Phi) is 7.08. The van der Waals surface area contributed by atoms with Crippen molar-refractivity contribution in [3.8, 4) is 5.75 Å². The van der Waals surface area contributed by atoms with E-state index in [0.29, 0.717) is 37.6 Å². The Morgan fingerprint density at radius 2 is 1.62 bits per heavy atom. The first-order valence-corrected chi connectivity index (χ1v) is 9.79. The van der Waals surface area contributed by atoms with Gasteiger partial charge in [0.1, 0.15) is 5.75 Å². The molecule has 2 amide bonds. The lowest BCUT2D eigenvalue weighted by atomic mass is 10.1. The number of hydrogen-bond acceptors (Lipinski definition) is 5. The van der Waals surface area contributed by atoms with E-state index < -0.39 is 0 Å². The molecule has 1 aliphatic rings. The Labute approximate surface area is 171 Å². The third-order valence-corrected chi connectivity index (χ3v) is 4.39. The van der Waals surface area contributed by atoms with Crippen molar-refractivity contribution in [2.45, 2.75) is 20.0 Å². The molecule has 29 heavy (non-hydrogen) atoms. The van der Waals surface area contributed by atoms with Crippen molar-refractivity contribution < 1.29 is 19.1 Å². The smallest absolute Gasteiger partial charge is 0.254 e. The van der Waals surface area contributed by atoms with Gasteiger partial charge >= 0.3 is 0 Å².